The molecule has 1 aromatic heterocycles. The Morgan fingerprint density at radius 1 is 1.33 bits per heavy atom. The van der Waals surface area contributed by atoms with Gasteiger partial charge in [-0.2, -0.15) is 0 Å². The molecule has 0 saturated carbocycles. The number of aryl methyl sites for hydroxylation is 2. The molecule has 2 nitrogen and oxygen atoms in total. The Kier molecular flexibility index (Phi) is 4.87. The fourth-order valence-electron chi connectivity index (χ4n) is 3.03. The van der Waals surface area contributed by atoms with Crippen molar-refractivity contribution < 1.29 is 0 Å². The molecule has 0 bridgehead atoms. The van der Waals surface area contributed by atoms with Crippen LogP contribution in [0.15, 0.2) is 12.4 Å². The monoisotopic (exact) mass is 248 g/mol. The second-order valence-corrected chi connectivity index (χ2v) is 6.10. The van der Waals surface area contributed by atoms with Crippen molar-refractivity contribution in [3.05, 3.63) is 23.5 Å². The van der Waals surface area contributed by atoms with Gasteiger partial charge in [0.1, 0.15) is 0 Å². The summed E-state index contributed by atoms with van der Waals surface area (Å²) >= 11 is 0. The van der Waals surface area contributed by atoms with Crippen LogP contribution in [0.2, 0.25) is 0 Å². The second-order valence-electron chi connectivity index (χ2n) is 6.10. The van der Waals surface area contributed by atoms with Gasteiger partial charge >= 0.3 is 0 Å². The summed E-state index contributed by atoms with van der Waals surface area (Å²) < 4.78 is 2.42. The topological polar surface area (TPSA) is 17.0 Å². The highest BCUT2D eigenvalue weighted by molar-refractivity contribution is 5.29. The summed E-state index contributed by atoms with van der Waals surface area (Å²) in [6, 6.07) is 0.578. The predicted octanol–water partition coefficient (Wildman–Crippen LogP) is 3.91. The quantitative estimate of drug-likeness (QED) is 0.782. The minimum Gasteiger partial charge on any atom is -0.354 e. The van der Waals surface area contributed by atoms with Crippen LogP contribution in [0.25, 0.3) is 0 Å². The minimum absolute atomic E-state index is 0.578. The maximum Gasteiger partial charge on any atom is 0.0335 e. The summed E-state index contributed by atoms with van der Waals surface area (Å²) in [6.07, 6.45) is 12.7. The van der Waals surface area contributed by atoms with Crippen molar-refractivity contribution in [1.29, 1.82) is 0 Å². The summed E-state index contributed by atoms with van der Waals surface area (Å²) in [5, 5.41) is 3.47. The average molecular weight is 248 g/mol. The molecule has 0 spiro atoms. The first kappa shape index (κ1) is 13.7. The molecule has 1 N–H and O–H groups in total. The van der Waals surface area contributed by atoms with Crippen molar-refractivity contribution in [3.63, 3.8) is 0 Å². The molecule has 1 unspecified atom stereocenters. The van der Waals surface area contributed by atoms with Crippen molar-refractivity contribution in [2.75, 3.05) is 7.05 Å². The molecule has 0 amide bonds. The summed E-state index contributed by atoms with van der Waals surface area (Å²) in [5.74, 6) is 0.823. The lowest BCUT2D eigenvalue weighted by Gasteiger charge is -2.13. The van der Waals surface area contributed by atoms with E-state index in [1.165, 1.54) is 45.1 Å². The standard InChI is InChI=1S/C16H28N2/c1-13(2)7-6-10-18-11-14-8-4-5-9-16(17-3)15(14)12-18/h11-13,16-17H,4-10H2,1-3H3. The molecule has 0 fully saturated rings. The normalized spacial score (nSPS) is 19.9. The third-order valence-corrected chi connectivity index (χ3v) is 4.11. The third kappa shape index (κ3) is 3.38. The van der Waals surface area contributed by atoms with Gasteiger partial charge in [-0.25, -0.2) is 0 Å². The Bertz CT molecular complexity index is 365. The molecule has 18 heavy (non-hydrogen) atoms. The predicted molar refractivity (Wildman–Crippen MR) is 77.9 cm³/mol. The van der Waals surface area contributed by atoms with Gasteiger partial charge in [0.15, 0.2) is 0 Å². The maximum atomic E-state index is 3.47. The molecule has 102 valence electrons. The van der Waals surface area contributed by atoms with Crippen LogP contribution < -0.4 is 5.32 Å². The van der Waals surface area contributed by atoms with Crippen molar-refractivity contribution >= 4 is 0 Å². The lowest BCUT2D eigenvalue weighted by Crippen LogP contribution is -2.15. The number of rotatable bonds is 5. The van der Waals surface area contributed by atoms with Crippen LogP contribution in [0, 0.1) is 5.92 Å². The van der Waals surface area contributed by atoms with E-state index in [-0.39, 0.29) is 0 Å². The van der Waals surface area contributed by atoms with Gasteiger partial charge in [-0.3, -0.25) is 0 Å². The molecular formula is C16H28N2. The van der Waals surface area contributed by atoms with E-state index in [1.54, 1.807) is 11.1 Å². The zero-order valence-electron chi connectivity index (χ0n) is 12.2. The van der Waals surface area contributed by atoms with E-state index in [2.05, 4.69) is 43.2 Å². The fraction of sp³-hybridized carbons (Fsp3) is 0.750. The molecule has 2 heteroatoms. The van der Waals surface area contributed by atoms with Crippen molar-refractivity contribution in [1.82, 2.24) is 9.88 Å². The van der Waals surface area contributed by atoms with Crippen LogP contribution in [-0.4, -0.2) is 11.6 Å². The SMILES string of the molecule is CNC1CCCCc2cn(CCCC(C)C)cc21. The smallest absolute Gasteiger partial charge is 0.0335 e. The van der Waals surface area contributed by atoms with Gasteiger partial charge in [-0.05, 0) is 56.2 Å². The Labute approximate surface area is 112 Å². The van der Waals surface area contributed by atoms with Gasteiger partial charge < -0.3 is 9.88 Å². The lowest BCUT2D eigenvalue weighted by molar-refractivity contribution is 0.506. The molecule has 0 aromatic carbocycles. The first-order chi connectivity index (χ1) is 8.70. The second kappa shape index (κ2) is 6.42. The van der Waals surface area contributed by atoms with Gasteiger partial charge in [-0.15, -0.1) is 0 Å². The lowest BCUT2D eigenvalue weighted by atomic mass is 10.1. The molecule has 1 atom stereocenters. The van der Waals surface area contributed by atoms with Crippen LogP contribution in [0.4, 0.5) is 0 Å². The molecule has 1 aromatic rings. The third-order valence-electron chi connectivity index (χ3n) is 4.11. The zero-order valence-corrected chi connectivity index (χ0v) is 12.2. The number of aromatic nitrogens is 1. The van der Waals surface area contributed by atoms with Gasteiger partial charge in [0, 0.05) is 25.0 Å². The average Bonchev–Trinajstić information content (AvgIpc) is 2.63. The highest BCUT2D eigenvalue weighted by atomic mass is 15.0. The van der Waals surface area contributed by atoms with Gasteiger partial charge in [0.25, 0.3) is 0 Å². The molecule has 1 aliphatic carbocycles. The Morgan fingerprint density at radius 3 is 2.89 bits per heavy atom. The van der Waals surface area contributed by atoms with E-state index in [0.717, 1.165) is 5.92 Å². The summed E-state index contributed by atoms with van der Waals surface area (Å²) in [7, 11) is 2.09. The summed E-state index contributed by atoms with van der Waals surface area (Å²) in [5.41, 5.74) is 3.14. The van der Waals surface area contributed by atoms with Crippen LogP contribution in [-0.2, 0) is 13.0 Å². The number of fused-ring (bicyclic) bond motifs is 1. The van der Waals surface area contributed by atoms with Crippen molar-refractivity contribution in [2.24, 2.45) is 5.92 Å². The highest BCUT2D eigenvalue weighted by Gasteiger charge is 2.18. The van der Waals surface area contributed by atoms with Crippen LogP contribution in [0.3, 0.4) is 0 Å². The number of hydrogen-bond donors (Lipinski definition) is 1. The van der Waals surface area contributed by atoms with E-state index in [4.69, 9.17) is 0 Å². The molecule has 0 saturated heterocycles. The van der Waals surface area contributed by atoms with E-state index in [0.29, 0.717) is 6.04 Å². The van der Waals surface area contributed by atoms with Gasteiger partial charge in [0.05, 0.1) is 0 Å². The van der Waals surface area contributed by atoms with Crippen LogP contribution in [0.5, 0.6) is 0 Å². The largest absolute Gasteiger partial charge is 0.354 e. The summed E-state index contributed by atoms with van der Waals surface area (Å²) in [4.78, 5) is 0. The van der Waals surface area contributed by atoms with Crippen LogP contribution >= 0.6 is 0 Å². The van der Waals surface area contributed by atoms with E-state index in [1.807, 2.05) is 0 Å². The van der Waals surface area contributed by atoms with Crippen molar-refractivity contribution in [3.8, 4) is 0 Å². The number of nitrogens with one attached hydrogen (secondary N) is 1. The zero-order chi connectivity index (χ0) is 13.0. The number of hydrogen-bond acceptors (Lipinski definition) is 1. The minimum atomic E-state index is 0.578. The first-order valence-corrected chi connectivity index (χ1v) is 7.56. The Morgan fingerprint density at radius 2 is 2.17 bits per heavy atom. The Balaban J connectivity index is 2.02. The van der Waals surface area contributed by atoms with Crippen molar-refractivity contribution in [2.45, 2.75) is 65.0 Å². The fourth-order valence-corrected chi connectivity index (χ4v) is 3.03. The Hall–Kier alpha value is -0.760. The maximum absolute atomic E-state index is 3.47. The van der Waals surface area contributed by atoms with E-state index >= 15 is 0 Å². The van der Waals surface area contributed by atoms with Crippen LogP contribution in [0.1, 0.15) is 63.1 Å². The molecule has 2 rings (SSSR count). The molecule has 0 aliphatic heterocycles. The molecule has 0 radical (unpaired) electrons. The highest BCUT2D eigenvalue weighted by Crippen LogP contribution is 2.29. The van der Waals surface area contributed by atoms with Gasteiger partial charge in [0.2, 0.25) is 0 Å². The summed E-state index contributed by atoms with van der Waals surface area (Å²) in [6.45, 7) is 5.80. The molecule has 1 heterocycles. The van der Waals surface area contributed by atoms with E-state index < -0.39 is 0 Å². The molecule has 1 aliphatic rings. The van der Waals surface area contributed by atoms with E-state index in [9.17, 15) is 0 Å². The van der Waals surface area contributed by atoms with Gasteiger partial charge in [-0.1, -0.05) is 20.3 Å². The number of nitrogens with zero attached hydrogens (tertiary/aromatic N) is 1. The first-order valence-electron chi connectivity index (χ1n) is 7.56. The molecular weight excluding hydrogens is 220 g/mol.